The van der Waals surface area contributed by atoms with Crippen molar-refractivity contribution in [2.45, 2.75) is 82.6 Å². The lowest BCUT2D eigenvalue weighted by Gasteiger charge is -2.35. The summed E-state index contributed by atoms with van der Waals surface area (Å²) < 4.78 is 62.9. The molecule has 0 radical (unpaired) electrons. The van der Waals surface area contributed by atoms with Crippen molar-refractivity contribution in [3.8, 4) is 0 Å². The number of allylic oxidation sites excluding steroid dienone is 1. The fourth-order valence-corrected chi connectivity index (χ4v) is 7.71. The molecule has 0 aliphatic rings. The van der Waals surface area contributed by atoms with Gasteiger partial charge in [-0.3, -0.25) is 0 Å². The van der Waals surface area contributed by atoms with E-state index in [0.29, 0.717) is 0 Å². The van der Waals surface area contributed by atoms with Gasteiger partial charge in [0.1, 0.15) is 6.26 Å². The zero-order valence-corrected chi connectivity index (χ0v) is 16.3. The summed E-state index contributed by atoms with van der Waals surface area (Å²) in [5, 5.41) is 0. The highest BCUT2D eigenvalue weighted by Crippen LogP contribution is 2.38. The minimum atomic E-state index is -5.56. The van der Waals surface area contributed by atoms with E-state index < -0.39 is 23.7 Å². The quantitative estimate of drug-likeness (QED) is 0.150. The van der Waals surface area contributed by atoms with Crippen molar-refractivity contribution in [1.82, 2.24) is 0 Å². The molecule has 0 rings (SSSR count). The molecule has 0 heterocycles. The zero-order chi connectivity index (χ0) is 18.1. The second-order valence-electron chi connectivity index (χ2n) is 5.85. The topological polar surface area (TPSA) is 43.4 Å². The normalized spacial score (nSPS) is 15.1. The van der Waals surface area contributed by atoms with Crippen LogP contribution in [0.5, 0.6) is 0 Å². The summed E-state index contributed by atoms with van der Waals surface area (Å²) in [4.78, 5) is 0. The average molecular weight is 375 g/mol. The largest absolute Gasteiger partial charge is 0.534 e. The molecule has 0 bridgehead atoms. The number of halogens is 3. The summed E-state index contributed by atoms with van der Waals surface area (Å²) in [6.07, 6.45) is 6.29. The number of hydrogen-bond donors (Lipinski definition) is 0. The van der Waals surface area contributed by atoms with Crippen LogP contribution in [0.1, 0.15) is 53.4 Å². The van der Waals surface area contributed by atoms with Gasteiger partial charge in [-0.15, -0.1) is 0 Å². The predicted octanol–water partition coefficient (Wildman–Crippen LogP) is 5.83. The smallest absolute Gasteiger partial charge is 0.384 e. The molecule has 138 valence electrons. The van der Waals surface area contributed by atoms with Gasteiger partial charge in [0.05, 0.1) is 8.07 Å². The second-order valence-corrected chi connectivity index (χ2v) is 13.0. The van der Waals surface area contributed by atoms with Gasteiger partial charge in [-0.25, -0.2) is 0 Å². The summed E-state index contributed by atoms with van der Waals surface area (Å²) in [6.45, 7) is 8.45. The molecule has 0 aromatic rings. The number of hydrogen-bond acceptors (Lipinski definition) is 3. The Hall–Kier alpha value is -0.503. The molecule has 0 fully saturated rings. The number of alkyl halides is 3. The third kappa shape index (κ3) is 6.49. The van der Waals surface area contributed by atoms with E-state index >= 15 is 0 Å². The first kappa shape index (κ1) is 22.5. The molecular formula is C15H29F3O3SSi. The molecule has 1 unspecified atom stereocenters. The van der Waals surface area contributed by atoms with Crippen LogP contribution in [0.15, 0.2) is 12.3 Å². The number of unbranched alkanes of at least 4 members (excludes halogenated alkanes) is 2. The van der Waals surface area contributed by atoms with E-state index in [1.807, 2.05) is 0 Å². The standard InChI is InChI=1S/C15H29F3O3SSi/c1-5-9-10-11-14(23(6-2,7-3)8-4)12-13-21-22(19,20)15(16,17)18/h12-14H,5-11H2,1-4H3/b13-12+. The summed E-state index contributed by atoms with van der Waals surface area (Å²) >= 11 is 0. The van der Waals surface area contributed by atoms with Crippen LogP contribution in [0, 0.1) is 0 Å². The molecule has 0 aliphatic carbocycles. The van der Waals surface area contributed by atoms with Crippen LogP contribution in [0.4, 0.5) is 13.2 Å². The lowest BCUT2D eigenvalue weighted by Crippen LogP contribution is -2.36. The summed E-state index contributed by atoms with van der Waals surface area (Å²) in [5.41, 5.74) is -5.25. The minimum absolute atomic E-state index is 0.137. The van der Waals surface area contributed by atoms with E-state index in [0.717, 1.165) is 50.1 Å². The number of rotatable bonds is 11. The Morgan fingerprint density at radius 1 is 1.04 bits per heavy atom. The molecule has 0 saturated heterocycles. The monoisotopic (exact) mass is 374 g/mol. The Kier molecular flexibility index (Phi) is 9.50. The Morgan fingerprint density at radius 2 is 1.57 bits per heavy atom. The lowest BCUT2D eigenvalue weighted by atomic mass is 10.1. The first-order chi connectivity index (χ1) is 10.6. The van der Waals surface area contributed by atoms with E-state index in [1.54, 1.807) is 6.08 Å². The SMILES string of the molecule is CCCCCC(/C=C/OS(=O)(=O)C(F)(F)F)[Si](CC)(CC)CC. The highest BCUT2D eigenvalue weighted by Gasteiger charge is 2.48. The van der Waals surface area contributed by atoms with Crippen molar-refractivity contribution in [1.29, 1.82) is 0 Å². The van der Waals surface area contributed by atoms with Gasteiger partial charge in [-0.1, -0.05) is 65.1 Å². The Bertz CT molecular complexity index is 449. The predicted molar refractivity (Wildman–Crippen MR) is 90.3 cm³/mol. The lowest BCUT2D eigenvalue weighted by molar-refractivity contribution is -0.0515. The fourth-order valence-electron chi connectivity index (χ4n) is 3.01. The van der Waals surface area contributed by atoms with Crippen molar-refractivity contribution < 1.29 is 25.8 Å². The molecule has 0 aromatic carbocycles. The van der Waals surface area contributed by atoms with Crippen LogP contribution in [0.25, 0.3) is 0 Å². The van der Waals surface area contributed by atoms with E-state index in [9.17, 15) is 21.6 Å². The first-order valence-electron chi connectivity index (χ1n) is 8.26. The van der Waals surface area contributed by atoms with Crippen LogP contribution in [0.3, 0.4) is 0 Å². The van der Waals surface area contributed by atoms with E-state index in [4.69, 9.17) is 0 Å². The van der Waals surface area contributed by atoms with Gasteiger partial charge in [-0.2, -0.15) is 21.6 Å². The third-order valence-corrected chi connectivity index (χ3v) is 12.0. The van der Waals surface area contributed by atoms with E-state index in [1.165, 1.54) is 0 Å². The molecule has 8 heteroatoms. The zero-order valence-electron chi connectivity index (χ0n) is 14.4. The van der Waals surface area contributed by atoms with Crippen molar-refractivity contribution in [3.05, 3.63) is 12.3 Å². The highest BCUT2D eigenvalue weighted by molar-refractivity contribution is 7.87. The molecular weight excluding hydrogens is 345 g/mol. The molecule has 0 aromatic heterocycles. The molecule has 0 saturated carbocycles. The minimum Gasteiger partial charge on any atom is -0.384 e. The molecule has 0 aliphatic heterocycles. The molecule has 23 heavy (non-hydrogen) atoms. The summed E-state index contributed by atoms with van der Waals surface area (Å²) in [5.74, 6) is 0. The average Bonchev–Trinajstić information content (AvgIpc) is 2.48. The molecule has 1 atom stereocenters. The Labute approximate surface area is 139 Å². The Morgan fingerprint density at radius 3 is 1.96 bits per heavy atom. The van der Waals surface area contributed by atoms with Crippen molar-refractivity contribution in [2.24, 2.45) is 0 Å². The molecule has 0 N–H and O–H groups in total. The van der Waals surface area contributed by atoms with Crippen LogP contribution in [-0.2, 0) is 14.3 Å². The van der Waals surface area contributed by atoms with Gasteiger partial charge >= 0.3 is 15.6 Å². The third-order valence-electron chi connectivity index (χ3n) is 4.79. The maximum absolute atomic E-state index is 12.3. The first-order valence-corrected chi connectivity index (χ1v) is 12.4. The molecule has 3 nitrogen and oxygen atoms in total. The van der Waals surface area contributed by atoms with Gasteiger partial charge in [-0.05, 0) is 18.0 Å². The Balaban J connectivity index is 5.19. The van der Waals surface area contributed by atoms with Gasteiger partial charge in [0, 0.05) is 0 Å². The van der Waals surface area contributed by atoms with Crippen LogP contribution in [0.2, 0.25) is 23.7 Å². The second kappa shape index (κ2) is 9.71. The maximum atomic E-state index is 12.3. The van der Waals surface area contributed by atoms with Gasteiger partial charge in [0.25, 0.3) is 0 Å². The molecule has 0 spiro atoms. The van der Waals surface area contributed by atoms with E-state index in [-0.39, 0.29) is 5.54 Å². The van der Waals surface area contributed by atoms with Crippen molar-refractivity contribution in [2.75, 3.05) is 0 Å². The maximum Gasteiger partial charge on any atom is 0.534 e. The van der Waals surface area contributed by atoms with Gasteiger partial charge < -0.3 is 4.18 Å². The van der Waals surface area contributed by atoms with Crippen molar-refractivity contribution in [3.63, 3.8) is 0 Å². The van der Waals surface area contributed by atoms with E-state index in [2.05, 4.69) is 31.9 Å². The molecule has 0 amide bonds. The van der Waals surface area contributed by atoms with Crippen LogP contribution in [-0.4, -0.2) is 22.0 Å². The summed E-state index contributed by atoms with van der Waals surface area (Å²) in [7, 11) is -7.24. The highest BCUT2D eigenvalue weighted by atomic mass is 32.2. The van der Waals surface area contributed by atoms with Crippen LogP contribution < -0.4 is 0 Å². The van der Waals surface area contributed by atoms with Gasteiger partial charge in [0.15, 0.2) is 0 Å². The van der Waals surface area contributed by atoms with Gasteiger partial charge in [0.2, 0.25) is 0 Å². The van der Waals surface area contributed by atoms with Crippen LogP contribution >= 0.6 is 0 Å². The summed E-state index contributed by atoms with van der Waals surface area (Å²) in [6, 6.07) is 3.06. The fraction of sp³-hybridized carbons (Fsp3) is 0.867. The van der Waals surface area contributed by atoms with Crippen molar-refractivity contribution >= 4 is 18.2 Å².